The van der Waals surface area contributed by atoms with Crippen molar-refractivity contribution in [3.05, 3.63) is 46.7 Å². The highest BCUT2D eigenvalue weighted by Gasteiger charge is 2.11. The Kier molecular flexibility index (Phi) is 4.77. The molecule has 2 rings (SSSR count). The minimum atomic E-state index is -3.41. The number of aliphatic hydroxyl groups is 1. The molecular weight excluding hydrogens is 296 g/mol. The number of benzene rings is 1. The molecule has 1 aromatic carbocycles. The van der Waals surface area contributed by atoms with Crippen molar-refractivity contribution in [2.24, 2.45) is 0 Å². The smallest absolute Gasteiger partial charge is 0.240 e. The van der Waals surface area contributed by atoms with Gasteiger partial charge in [0.05, 0.1) is 11.0 Å². The standard InChI is InChI=1S/C13H16N2O3S2/c1-14-20(17,18)12-4-2-11(3-5-12)15-8-13(16)10-6-7-19-9-10/h2-7,9,13-16H,8H2,1H3. The third kappa shape index (κ3) is 3.57. The molecule has 108 valence electrons. The van der Waals surface area contributed by atoms with Crippen molar-refractivity contribution in [2.75, 3.05) is 18.9 Å². The molecule has 0 aliphatic rings. The summed E-state index contributed by atoms with van der Waals surface area (Å²) >= 11 is 1.54. The molecule has 0 radical (unpaired) electrons. The molecule has 0 saturated carbocycles. The van der Waals surface area contributed by atoms with Crippen LogP contribution >= 0.6 is 11.3 Å². The molecule has 0 amide bonds. The van der Waals surface area contributed by atoms with Crippen LogP contribution in [0.2, 0.25) is 0 Å². The van der Waals surface area contributed by atoms with Gasteiger partial charge in [-0.1, -0.05) is 0 Å². The highest BCUT2D eigenvalue weighted by molar-refractivity contribution is 7.89. The van der Waals surface area contributed by atoms with Gasteiger partial charge in [0, 0.05) is 12.2 Å². The van der Waals surface area contributed by atoms with Crippen LogP contribution in [0.4, 0.5) is 5.69 Å². The normalized spacial score (nSPS) is 13.1. The highest BCUT2D eigenvalue weighted by Crippen LogP contribution is 2.18. The zero-order chi connectivity index (χ0) is 14.6. The average molecular weight is 312 g/mol. The van der Waals surface area contributed by atoms with Gasteiger partial charge in [0.1, 0.15) is 0 Å². The molecule has 0 fully saturated rings. The maximum absolute atomic E-state index is 11.6. The second-order valence-corrected chi connectivity index (χ2v) is 6.85. The minimum absolute atomic E-state index is 0.212. The van der Waals surface area contributed by atoms with E-state index in [1.807, 2.05) is 16.8 Å². The Labute approximate surface area is 122 Å². The SMILES string of the molecule is CNS(=O)(=O)c1ccc(NCC(O)c2ccsc2)cc1. The molecule has 0 aliphatic heterocycles. The molecule has 7 heteroatoms. The van der Waals surface area contributed by atoms with Gasteiger partial charge in [-0.2, -0.15) is 11.3 Å². The molecular formula is C13H16N2O3S2. The molecule has 0 spiro atoms. The van der Waals surface area contributed by atoms with Crippen LogP contribution in [0.3, 0.4) is 0 Å². The fourth-order valence-corrected chi connectivity index (χ4v) is 3.10. The molecule has 0 aliphatic carbocycles. The van der Waals surface area contributed by atoms with Gasteiger partial charge in [-0.15, -0.1) is 0 Å². The number of hydrogen-bond donors (Lipinski definition) is 3. The predicted octanol–water partition coefficient (Wildman–Crippen LogP) is 1.80. The summed E-state index contributed by atoms with van der Waals surface area (Å²) in [4.78, 5) is 0.212. The van der Waals surface area contributed by atoms with E-state index < -0.39 is 16.1 Å². The lowest BCUT2D eigenvalue weighted by atomic mass is 10.2. The van der Waals surface area contributed by atoms with Gasteiger partial charge in [-0.05, 0) is 53.7 Å². The van der Waals surface area contributed by atoms with Crippen LogP contribution in [-0.4, -0.2) is 27.1 Å². The lowest BCUT2D eigenvalue weighted by Crippen LogP contribution is -2.18. The number of nitrogens with one attached hydrogen (secondary N) is 2. The number of hydrogen-bond acceptors (Lipinski definition) is 5. The van der Waals surface area contributed by atoms with Crippen LogP contribution in [0.1, 0.15) is 11.7 Å². The molecule has 1 atom stereocenters. The van der Waals surface area contributed by atoms with Crippen LogP contribution in [-0.2, 0) is 10.0 Å². The van der Waals surface area contributed by atoms with Crippen LogP contribution in [0, 0.1) is 0 Å². The monoisotopic (exact) mass is 312 g/mol. The Morgan fingerprint density at radius 3 is 2.50 bits per heavy atom. The minimum Gasteiger partial charge on any atom is -0.387 e. The van der Waals surface area contributed by atoms with E-state index in [1.165, 1.54) is 30.5 Å². The first-order valence-corrected chi connectivity index (χ1v) is 8.43. The molecule has 5 nitrogen and oxygen atoms in total. The Bertz CT molecular complexity index is 637. The van der Waals surface area contributed by atoms with Crippen LogP contribution in [0.15, 0.2) is 46.0 Å². The quantitative estimate of drug-likeness (QED) is 0.760. The van der Waals surface area contributed by atoms with Crippen LogP contribution in [0.25, 0.3) is 0 Å². The maximum atomic E-state index is 11.6. The largest absolute Gasteiger partial charge is 0.387 e. The summed E-state index contributed by atoms with van der Waals surface area (Å²) in [6.07, 6.45) is -0.582. The number of rotatable bonds is 6. The molecule has 1 aromatic heterocycles. The fourth-order valence-electron chi connectivity index (χ4n) is 1.67. The molecule has 20 heavy (non-hydrogen) atoms. The van der Waals surface area contributed by atoms with E-state index >= 15 is 0 Å². The Hall–Kier alpha value is -1.41. The number of aliphatic hydroxyl groups excluding tert-OH is 1. The average Bonchev–Trinajstić information content (AvgIpc) is 2.99. The van der Waals surface area contributed by atoms with Gasteiger partial charge in [0.25, 0.3) is 0 Å². The van der Waals surface area contributed by atoms with Crippen molar-refractivity contribution in [1.29, 1.82) is 0 Å². The summed E-state index contributed by atoms with van der Waals surface area (Å²) < 4.78 is 25.4. The lowest BCUT2D eigenvalue weighted by Gasteiger charge is -2.12. The van der Waals surface area contributed by atoms with Gasteiger partial charge in [-0.25, -0.2) is 13.1 Å². The second kappa shape index (κ2) is 6.36. The van der Waals surface area contributed by atoms with Gasteiger partial charge in [0.15, 0.2) is 0 Å². The van der Waals surface area contributed by atoms with Crippen molar-refractivity contribution in [3.63, 3.8) is 0 Å². The Balaban J connectivity index is 1.98. The van der Waals surface area contributed by atoms with Gasteiger partial charge < -0.3 is 10.4 Å². The van der Waals surface area contributed by atoms with E-state index in [2.05, 4.69) is 10.0 Å². The van der Waals surface area contributed by atoms with E-state index in [1.54, 1.807) is 12.1 Å². The molecule has 0 bridgehead atoms. The third-order valence-electron chi connectivity index (χ3n) is 2.86. The van der Waals surface area contributed by atoms with Crippen molar-refractivity contribution in [2.45, 2.75) is 11.0 Å². The van der Waals surface area contributed by atoms with Gasteiger partial charge in [0.2, 0.25) is 10.0 Å². The molecule has 2 aromatic rings. The van der Waals surface area contributed by atoms with E-state index in [9.17, 15) is 13.5 Å². The topological polar surface area (TPSA) is 78.4 Å². The van der Waals surface area contributed by atoms with E-state index in [-0.39, 0.29) is 4.90 Å². The summed E-state index contributed by atoms with van der Waals surface area (Å²) in [6, 6.07) is 8.25. The summed E-state index contributed by atoms with van der Waals surface area (Å²) in [5.41, 5.74) is 1.63. The first kappa shape index (κ1) is 15.0. The molecule has 1 heterocycles. The van der Waals surface area contributed by atoms with E-state index in [4.69, 9.17) is 0 Å². The highest BCUT2D eigenvalue weighted by atomic mass is 32.2. The summed E-state index contributed by atoms with van der Waals surface area (Å²) in [5.74, 6) is 0. The van der Waals surface area contributed by atoms with Crippen molar-refractivity contribution < 1.29 is 13.5 Å². The van der Waals surface area contributed by atoms with Gasteiger partial charge >= 0.3 is 0 Å². The summed E-state index contributed by atoms with van der Waals surface area (Å²) in [7, 11) is -2.03. The zero-order valence-electron chi connectivity index (χ0n) is 10.9. The van der Waals surface area contributed by atoms with E-state index in [0.29, 0.717) is 6.54 Å². The van der Waals surface area contributed by atoms with E-state index in [0.717, 1.165) is 11.3 Å². The molecule has 1 unspecified atom stereocenters. The zero-order valence-corrected chi connectivity index (χ0v) is 12.5. The van der Waals surface area contributed by atoms with Gasteiger partial charge in [-0.3, -0.25) is 0 Å². The third-order valence-corrected chi connectivity index (χ3v) is 4.99. The number of anilines is 1. The Morgan fingerprint density at radius 1 is 1.25 bits per heavy atom. The first-order valence-electron chi connectivity index (χ1n) is 6.00. The van der Waals surface area contributed by atoms with Crippen LogP contribution in [0.5, 0.6) is 0 Å². The summed E-state index contributed by atoms with van der Waals surface area (Å²) in [6.45, 7) is 0.370. The molecule has 0 saturated heterocycles. The van der Waals surface area contributed by atoms with Crippen molar-refractivity contribution in [3.8, 4) is 0 Å². The van der Waals surface area contributed by atoms with Crippen molar-refractivity contribution in [1.82, 2.24) is 4.72 Å². The fraction of sp³-hybridized carbons (Fsp3) is 0.231. The lowest BCUT2D eigenvalue weighted by molar-refractivity contribution is 0.192. The number of thiophene rings is 1. The maximum Gasteiger partial charge on any atom is 0.240 e. The predicted molar refractivity (Wildman–Crippen MR) is 80.5 cm³/mol. The second-order valence-electron chi connectivity index (χ2n) is 4.19. The number of sulfonamides is 1. The molecule has 3 N–H and O–H groups in total. The Morgan fingerprint density at radius 2 is 1.95 bits per heavy atom. The summed E-state index contributed by atoms with van der Waals surface area (Å²) in [5, 5.41) is 16.8. The first-order chi connectivity index (χ1) is 9.53. The van der Waals surface area contributed by atoms with Crippen molar-refractivity contribution >= 4 is 27.0 Å². The van der Waals surface area contributed by atoms with Crippen LogP contribution < -0.4 is 10.0 Å².